The van der Waals surface area contributed by atoms with Crippen LogP contribution in [0.15, 0.2) is 47.4 Å². The molecule has 5 heteroatoms. The topological polar surface area (TPSA) is 18.5 Å². The number of anilines is 1. The number of thioether (sulfide) groups is 1. The Labute approximate surface area is 152 Å². The molecule has 1 fully saturated rings. The lowest BCUT2D eigenvalue weighted by Crippen LogP contribution is -2.53. The van der Waals surface area contributed by atoms with Gasteiger partial charge in [-0.15, -0.1) is 0 Å². The van der Waals surface area contributed by atoms with E-state index in [9.17, 15) is 4.39 Å². The van der Waals surface area contributed by atoms with E-state index in [-0.39, 0.29) is 17.4 Å². The van der Waals surface area contributed by atoms with Crippen LogP contribution in [0.3, 0.4) is 0 Å². The summed E-state index contributed by atoms with van der Waals surface area (Å²) in [6.45, 7) is 4.13. The van der Waals surface area contributed by atoms with E-state index < -0.39 is 0 Å². The number of para-hydroxylation sites is 1. The zero-order valence-corrected chi connectivity index (χ0v) is 14.9. The summed E-state index contributed by atoms with van der Waals surface area (Å²) >= 11 is 1.92. The van der Waals surface area contributed by atoms with Crippen molar-refractivity contribution in [1.29, 1.82) is 0 Å². The number of hydrogen-bond acceptors (Lipinski definition) is 4. The molecule has 2 aromatic carbocycles. The molecule has 25 heavy (non-hydrogen) atoms. The summed E-state index contributed by atoms with van der Waals surface area (Å²) in [6, 6.07) is 14.3. The second kappa shape index (κ2) is 6.31. The first-order chi connectivity index (χ1) is 12.3. The van der Waals surface area contributed by atoms with Crippen LogP contribution in [-0.2, 0) is 6.42 Å². The van der Waals surface area contributed by atoms with Gasteiger partial charge in [-0.25, -0.2) is 4.39 Å². The van der Waals surface area contributed by atoms with Crippen LogP contribution < -0.4 is 10.2 Å². The summed E-state index contributed by atoms with van der Waals surface area (Å²) in [4.78, 5) is 6.34. The molecular formula is C20H22FN3S. The molecule has 2 aliphatic heterocycles. The molecule has 3 nitrogen and oxygen atoms in total. The van der Waals surface area contributed by atoms with Gasteiger partial charge in [0.25, 0.3) is 0 Å². The average Bonchev–Trinajstić information content (AvgIpc) is 3.24. The zero-order valence-electron chi connectivity index (χ0n) is 14.1. The van der Waals surface area contributed by atoms with Crippen LogP contribution in [0.4, 0.5) is 10.1 Å². The van der Waals surface area contributed by atoms with Gasteiger partial charge >= 0.3 is 0 Å². The molecule has 0 amide bonds. The Balaban J connectivity index is 1.57. The fraction of sp³-hybridized carbons (Fsp3) is 0.400. The number of nitrogens with one attached hydrogen (secondary N) is 1. The molecule has 2 aromatic rings. The number of piperazine rings is 1. The minimum Gasteiger partial charge on any atom is -0.339 e. The van der Waals surface area contributed by atoms with Crippen LogP contribution in [0.25, 0.3) is 0 Å². The molecule has 2 atom stereocenters. The van der Waals surface area contributed by atoms with Gasteiger partial charge in [-0.1, -0.05) is 36.0 Å². The molecule has 0 spiro atoms. The fourth-order valence-corrected chi connectivity index (χ4v) is 5.83. The third kappa shape index (κ3) is 2.57. The highest BCUT2D eigenvalue weighted by molar-refractivity contribution is 8.00. The zero-order chi connectivity index (χ0) is 16.8. The summed E-state index contributed by atoms with van der Waals surface area (Å²) in [5.41, 5.74) is 3.62. The summed E-state index contributed by atoms with van der Waals surface area (Å²) in [6.07, 6.45) is 1.96. The van der Waals surface area contributed by atoms with Crippen molar-refractivity contribution in [2.24, 2.45) is 0 Å². The smallest absolute Gasteiger partial charge is 0.136 e. The maximum Gasteiger partial charge on any atom is 0.136 e. The lowest BCUT2D eigenvalue weighted by atomic mass is 10.1. The normalized spacial score (nSPS) is 25.9. The highest BCUT2D eigenvalue weighted by atomic mass is 32.2. The second-order valence-electron chi connectivity index (χ2n) is 6.97. The van der Waals surface area contributed by atoms with Crippen LogP contribution >= 0.6 is 11.8 Å². The standard InChI is InChI=1S/C20H22FN3S/c21-15-5-3-4-14-8-9-17(19(14)15)24-16-6-1-2-7-18(16)25-20(24)23-12-10-22-11-13-23/h1-7,17,20,22H,8-13H2/t17?,20-/m1/s1. The quantitative estimate of drug-likeness (QED) is 0.887. The van der Waals surface area contributed by atoms with Gasteiger partial charge in [0.15, 0.2) is 0 Å². The Hall–Kier alpha value is -1.56. The fourth-order valence-electron chi connectivity index (χ4n) is 4.42. The van der Waals surface area contributed by atoms with E-state index in [4.69, 9.17) is 0 Å². The number of hydrogen-bond donors (Lipinski definition) is 1. The number of halogens is 1. The SMILES string of the molecule is Fc1cccc2c1C(N1c3ccccc3S[C@@H]1N1CCNCC1)CC2. The first kappa shape index (κ1) is 15.7. The Bertz CT molecular complexity index is 790. The predicted octanol–water partition coefficient (Wildman–Crippen LogP) is 3.61. The van der Waals surface area contributed by atoms with E-state index in [1.165, 1.54) is 16.1 Å². The lowest BCUT2D eigenvalue weighted by Gasteiger charge is -2.41. The molecule has 1 saturated heterocycles. The minimum absolute atomic E-state index is 0.0477. The largest absolute Gasteiger partial charge is 0.339 e. The van der Waals surface area contributed by atoms with Crippen LogP contribution in [0.2, 0.25) is 0 Å². The van der Waals surface area contributed by atoms with Crippen molar-refractivity contribution in [2.45, 2.75) is 29.3 Å². The maximum absolute atomic E-state index is 14.7. The van der Waals surface area contributed by atoms with Crippen molar-refractivity contribution < 1.29 is 4.39 Å². The molecule has 0 saturated carbocycles. The van der Waals surface area contributed by atoms with Gasteiger partial charge in [-0.05, 0) is 36.6 Å². The number of nitrogens with zero attached hydrogens (tertiary/aromatic N) is 2. The summed E-state index contributed by atoms with van der Waals surface area (Å²) in [5, 5.41) is 3.44. The van der Waals surface area contributed by atoms with Gasteiger partial charge in [-0.3, -0.25) is 4.90 Å². The Morgan fingerprint density at radius 2 is 1.88 bits per heavy atom. The van der Waals surface area contributed by atoms with Crippen LogP contribution in [0, 0.1) is 5.82 Å². The molecule has 0 aromatic heterocycles. The molecular weight excluding hydrogens is 333 g/mol. The number of rotatable bonds is 2. The van der Waals surface area contributed by atoms with E-state index in [0.29, 0.717) is 0 Å². The highest BCUT2D eigenvalue weighted by Crippen LogP contribution is 2.51. The number of benzene rings is 2. The van der Waals surface area contributed by atoms with E-state index in [0.717, 1.165) is 44.6 Å². The van der Waals surface area contributed by atoms with E-state index in [1.807, 2.05) is 17.8 Å². The highest BCUT2D eigenvalue weighted by Gasteiger charge is 2.42. The Morgan fingerprint density at radius 3 is 2.76 bits per heavy atom. The maximum atomic E-state index is 14.7. The number of fused-ring (bicyclic) bond motifs is 2. The van der Waals surface area contributed by atoms with Crippen molar-refractivity contribution in [1.82, 2.24) is 10.2 Å². The summed E-state index contributed by atoms with van der Waals surface area (Å²) < 4.78 is 14.7. The predicted molar refractivity (Wildman–Crippen MR) is 100 cm³/mol. The van der Waals surface area contributed by atoms with Crippen molar-refractivity contribution in [2.75, 3.05) is 31.1 Å². The van der Waals surface area contributed by atoms with Crippen molar-refractivity contribution in [3.63, 3.8) is 0 Å². The van der Waals surface area contributed by atoms with Gasteiger partial charge in [0.1, 0.15) is 11.3 Å². The monoisotopic (exact) mass is 355 g/mol. The van der Waals surface area contributed by atoms with Crippen molar-refractivity contribution in [3.8, 4) is 0 Å². The van der Waals surface area contributed by atoms with Gasteiger partial charge in [0, 0.05) is 36.6 Å². The molecule has 1 N–H and O–H groups in total. The first-order valence-corrected chi connectivity index (χ1v) is 9.97. The van der Waals surface area contributed by atoms with E-state index in [1.54, 1.807) is 6.07 Å². The molecule has 1 aliphatic carbocycles. The third-order valence-corrected chi connectivity index (χ3v) is 6.91. The van der Waals surface area contributed by atoms with Gasteiger partial charge < -0.3 is 10.2 Å². The van der Waals surface area contributed by atoms with Crippen LogP contribution in [0.5, 0.6) is 0 Å². The van der Waals surface area contributed by atoms with Gasteiger partial charge in [0.05, 0.1) is 11.7 Å². The third-order valence-electron chi connectivity index (χ3n) is 5.58. The van der Waals surface area contributed by atoms with E-state index >= 15 is 0 Å². The van der Waals surface area contributed by atoms with Crippen LogP contribution in [0.1, 0.15) is 23.6 Å². The summed E-state index contributed by atoms with van der Waals surface area (Å²) in [7, 11) is 0. The molecule has 0 bridgehead atoms. The lowest BCUT2D eigenvalue weighted by molar-refractivity contribution is 0.215. The van der Waals surface area contributed by atoms with Gasteiger partial charge in [0.2, 0.25) is 0 Å². The molecule has 130 valence electrons. The van der Waals surface area contributed by atoms with Crippen molar-refractivity contribution >= 4 is 17.4 Å². The Kier molecular flexibility index (Phi) is 3.95. The Morgan fingerprint density at radius 1 is 1.04 bits per heavy atom. The molecule has 3 aliphatic rings. The van der Waals surface area contributed by atoms with E-state index in [2.05, 4.69) is 45.4 Å². The molecule has 5 rings (SSSR count). The second-order valence-corrected chi connectivity index (χ2v) is 8.07. The molecule has 2 heterocycles. The van der Waals surface area contributed by atoms with Crippen LogP contribution in [-0.4, -0.2) is 36.6 Å². The van der Waals surface area contributed by atoms with Crippen molar-refractivity contribution in [3.05, 3.63) is 59.4 Å². The molecule has 0 radical (unpaired) electrons. The number of aryl methyl sites for hydroxylation is 1. The van der Waals surface area contributed by atoms with Gasteiger partial charge in [-0.2, -0.15) is 0 Å². The average molecular weight is 355 g/mol. The minimum atomic E-state index is -0.0477. The molecule has 1 unspecified atom stereocenters. The summed E-state index contributed by atoms with van der Waals surface area (Å²) in [5.74, 6) is -0.0477. The first-order valence-electron chi connectivity index (χ1n) is 9.09.